The lowest BCUT2D eigenvalue weighted by Gasteiger charge is -2.21. The molecule has 0 spiro atoms. The number of fused-ring (bicyclic) bond motifs is 4. The molecule has 0 atom stereocenters. The molecule has 53 heavy (non-hydrogen) atoms. The Morgan fingerprint density at radius 3 is 2.04 bits per heavy atom. The van der Waals surface area contributed by atoms with Gasteiger partial charge in [-0.15, -0.1) is 0 Å². The van der Waals surface area contributed by atoms with Crippen molar-refractivity contribution in [3.8, 4) is 34.2 Å². The van der Waals surface area contributed by atoms with Crippen molar-refractivity contribution >= 4 is 44.7 Å². The molecule has 0 unspecified atom stereocenters. The van der Waals surface area contributed by atoms with Crippen LogP contribution in [0.2, 0.25) is 0 Å². The minimum Gasteiger partial charge on any atom is -0.456 e. The maximum atomic E-state index is 6.47. The molecule has 3 aliphatic carbocycles. The third kappa shape index (κ3) is 5.77. The van der Waals surface area contributed by atoms with Gasteiger partial charge in [0.25, 0.3) is 0 Å². The third-order valence-electron chi connectivity index (χ3n) is 10.8. The second-order valence-electron chi connectivity index (χ2n) is 14.0. The van der Waals surface area contributed by atoms with Crippen molar-refractivity contribution in [3.63, 3.8) is 0 Å². The number of furan rings is 1. The van der Waals surface area contributed by atoms with Crippen LogP contribution in [-0.2, 0) is 0 Å². The standard InChI is InChI=1S/C49H37N3O/c1-3-12-32(13-4-1)33-22-28-38(29-23-33)48-50-47(37-15-5-2-6-16-37)51-49(52-48)46-41(30-31-44-45(46)42-19-9-10-21-43(42)53-44)36-26-24-35(25-27-36)40-20-11-17-34-14-7-8-18-39(34)40/h2-3,5-10,12-19,21-24,26,28-31H,1,4,11,20,25,27H2. The van der Waals surface area contributed by atoms with Gasteiger partial charge >= 0.3 is 0 Å². The predicted octanol–water partition coefficient (Wildman–Crippen LogP) is 11.0. The van der Waals surface area contributed by atoms with Crippen LogP contribution in [0.1, 0.15) is 49.7 Å². The lowest BCUT2D eigenvalue weighted by atomic mass is 9.84. The van der Waals surface area contributed by atoms with E-state index in [9.17, 15) is 0 Å². The maximum Gasteiger partial charge on any atom is 0.165 e. The minimum atomic E-state index is 0.643. The van der Waals surface area contributed by atoms with Crippen molar-refractivity contribution < 1.29 is 4.42 Å². The summed E-state index contributed by atoms with van der Waals surface area (Å²) >= 11 is 0. The number of rotatable bonds is 6. The predicted molar refractivity (Wildman–Crippen MR) is 218 cm³/mol. The van der Waals surface area contributed by atoms with E-state index in [4.69, 9.17) is 19.4 Å². The first-order chi connectivity index (χ1) is 26.3. The van der Waals surface area contributed by atoms with Crippen LogP contribution in [-0.4, -0.2) is 15.0 Å². The Bertz CT molecular complexity index is 2820. The molecule has 2 heterocycles. The van der Waals surface area contributed by atoms with Gasteiger partial charge in [-0.3, -0.25) is 0 Å². The van der Waals surface area contributed by atoms with Crippen LogP contribution >= 0.6 is 0 Å². The van der Waals surface area contributed by atoms with E-state index < -0.39 is 0 Å². The number of benzene rings is 5. The van der Waals surface area contributed by atoms with Crippen LogP contribution in [0.15, 0.2) is 156 Å². The van der Waals surface area contributed by atoms with Gasteiger partial charge in [0.1, 0.15) is 11.2 Å². The van der Waals surface area contributed by atoms with E-state index in [0.29, 0.717) is 17.5 Å². The molecular formula is C49H37N3O. The zero-order chi connectivity index (χ0) is 35.1. The van der Waals surface area contributed by atoms with Crippen LogP contribution < -0.4 is 10.4 Å². The normalized spacial score (nSPS) is 15.5. The molecule has 4 heteroatoms. The molecule has 0 fully saturated rings. The molecule has 5 aromatic carbocycles. The first-order valence-corrected chi connectivity index (χ1v) is 18.7. The largest absolute Gasteiger partial charge is 0.456 e. The number of hydrogen-bond donors (Lipinski definition) is 0. The Labute approximate surface area is 308 Å². The Kier molecular flexibility index (Phi) is 7.87. The minimum absolute atomic E-state index is 0.643. The quantitative estimate of drug-likeness (QED) is 0.175. The van der Waals surface area contributed by atoms with Crippen molar-refractivity contribution in [2.75, 3.05) is 0 Å². The van der Waals surface area contributed by atoms with Crippen molar-refractivity contribution in [2.24, 2.45) is 0 Å². The van der Waals surface area contributed by atoms with Gasteiger partial charge < -0.3 is 4.42 Å². The van der Waals surface area contributed by atoms with Gasteiger partial charge in [0, 0.05) is 27.5 Å². The van der Waals surface area contributed by atoms with E-state index in [1.54, 1.807) is 0 Å². The van der Waals surface area contributed by atoms with Crippen molar-refractivity contribution in [1.82, 2.24) is 15.0 Å². The molecule has 10 rings (SSSR count). The van der Waals surface area contributed by atoms with Crippen molar-refractivity contribution in [1.29, 1.82) is 0 Å². The fraction of sp³-hybridized carbons (Fsp3) is 0.122. The van der Waals surface area contributed by atoms with E-state index in [1.165, 1.54) is 38.3 Å². The van der Waals surface area contributed by atoms with Gasteiger partial charge in [-0.2, -0.15) is 0 Å². The van der Waals surface area contributed by atoms with E-state index in [2.05, 4.69) is 121 Å². The highest BCUT2D eigenvalue weighted by Gasteiger charge is 2.24. The van der Waals surface area contributed by atoms with Crippen molar-refractivity contribution in [3.05, 3.63) is 173 Å². The van der Waals surface area contributed by atoms with E-state index in [1.807, 2.05) is 30.3 Å². The number of aromatic nitrogens is 3. The summed E-state index contributed by atoms with van der Waals surface area (Å²) in [6.07, 6.45) is 20.0. The monoisotopic (exact) mass is 683 g/mol. The summed E-state index contributed by atoms with van der Waals surface area (Å²) in [6.45, 7) is 0. The topological polar surface area (TPSA) is 51.8 Å². The SMILES string of the molecule is C1=CC(c2ccc(-c3nc(-c4ccccc4)nc(-c4c(C5=CC=C(C6=c7ccccc7=CCC6)CC5)ccc5oc6ccccc6c45)n3)cc2)=CCC1. The van der Waals surface area contributed by atoms with Gasteiger partial charge in [0.05, 0.1) is 0 Å². The van der Waals surface area contributed by atoms with Gasteiger partial charge in [-0.25, -0.2) is 15.0 Å². The van der Waals surface area contributed by atoms with Gasteiger partial charge in [-0.05, 0) is 94.5 Å². The molecule has 3 aliphatic rings. The zero-order valence-electron chi connectivity index (χ0n) is 29.4. The van der Waals surface area contributed by atoms with Crippen molar-refractivity contribution in [2.45, 2.75) is 38.5 Å². The molecule has 7 aromatic rings. The molecule has 0 saturated heterocycles. The van der Waals surface area contributed by atoms with Crippen LogP contribution in [0.3, 0.4) is 0 Å². The number of allylic oxidation sites excluding steroid dienone is 8. The summed E-state index contributed by atoms with van der Waals surface area (Å²) in [5.41, 5.74) is 12.3. The average Bonchev–Trinajstić information content (AvgIpc) is 3.63. The molecule has 2 aromatic heterocycles. The molecule has 0 N–H and O–H groups in total. The highest BCUT2D eigenvalue weighted by atomic mass is 16.3. The Balaban J connectivity index is 1.17. The summed E-state index contributed by atoms with van der Waals surface area (Å²) in [5.74, 6) is 1.94. The third-order valence-corrected chi connectivity index (χ3v) is 10.8. The second-order valence-corrected chi connectivity index (χ2v) is 14.0. The second kappa shape index (κ2) is 13.3. The first-order valence-electron chi connectivity index (χ1n) is 18.7. The highest BCUT2D eigenvalue weighted by molar-refractivity contribution is 6.14. The lowest BCUT2D eigenvalue weighted by molar-refractivity contribution is 0.669. The molecule has 0 bridgehead atoms. The Hall–Kier alpha value is -6.39. The first kappa shape index (κ1) is 31.4. The summed E-state index contributed by atoms with van der Waals surface area (Å²) in [4.78, 5) is 15.7. The van der Waals surface area contributed by atoms with E-state index in [-0.39, 0.29) is 0 Å². The molecule has 0 aliphatic heterocycles. The average molecular weight is 684 g/mol. The zero-order valence-corrected chi connectivity index (χ0v) is 29.4. The van der Waals surface area contributed by atoms with Gasteiger partial charge in [0.2, 0.25) is 0 Å². The Morgan fingerprint density at radius 2 is 1.23 bits per heavy atom. The molecular weight excluding hydrogens is 647 g/mol. The number of nitrogens with zero attached hydrogens (tertiary/aromatic N) is 3. The van der Waals surface area contributed by atoms with Crippen LogP contribution in [0.5, 0.6) is 0 Å². The lowest BCUT2D eigenvalue weighted by Crippen LogP contribution is -2.29. The summed E-state index contributed by atoms with van der Waals surface area (Å²) in [7, 11) is 0. The number of hydrogen-bond acceptors (Lipinski definition) is 4. The van der Waals surface area contributed by atoms with E-state index in [0.717, 1.165) is 82.7 Å². The molecule has 0 radical (unpaired) electrons. The number of para-hydroxylation sites is 1. The van der Waals surface area contributed by atoms with E-state index >= 15 is 0 Å². The maximum absolute atomic E-state index is 6.47. The van der Waals surface area contributed by atoms with Crippen LogP contribution in [0, 0.1) is 0 Å². The summed E-state index contributed by atoms with van der Waals surface area (Å²) in [6, 6.07) is 40.3. The molecule has 4 nitrogen and oxygen atoms in total. The highest BCUT2D eigenvalue weighted by Crippen LogP contribution is 2.43. The fourth-order valence-electron chi connectivity index (χ4n) is 8.19. The Morgan fingerprint density at radius 1 is 0.509 bits per heavy atom. The smallest absolute Gasteiger partial charge is 0.165 e. The summed E-state index contributed by atoms with van der Waals surface area (Å²) < 4.78 is 6.47. The molecule has 0 amide bonds. The van der Waals surface area contributed by atoms with Gasteiger partial charge in [-0.1, -0.05) is 140 Å². The molecule has 254 valence electrons. The molecule has 0 saturated carbocycles. The fourth-order valence-corrected chi connectivity index (χ4v) is 8.19. The van der Waals surface area contributed by atoms with Gasteiger partial charge in [0.15, 0.2) is 17.5 Å². The van der Waals surface area contributed by atoms with Crippen LogP contribution in [0.25, 0.3) is 78.9 Å². The summed E-state index contributed by atoms with van der Waals surface area (Å²) in [5, 5.41) is 4.81. The van der Waals surface area contributed by atoms with Crippen LogP contribution in [0.4, 0.5) is 0 Å².